The molecule has 10 nitrogen and oxygen atoms in total. The van der Waals surface area contributed by atoms with E-state index in [1.54, 1.807) is 31.3 Å². The molecule has 5 rings (SSSR count). The Bertz CT molecular complexity index is 1520. The molecule has 0 atom stereocenters. The van der Waals surface area contributed by atoms with Gasteiger partial charge in [-0.1, -0.05) is 36.4 Å². The van der Waals surface area contributed by atoms with Gasteiger partial charge in [0.15, 0.2) is 0 Å². The van der Waals surface area contributed by atoms with Crippen molar-refractivity contribution in [2.45, 2.75) is 38.1 Å². The normalized spacial score (nSPS) is 18.5. The highest BCUT2D eigenvalue weighted by Crippen LogP contribution is 2.29. The van der Waals surface area contributed by atoms with Crippen LogP contribution in [0.5, 0.6) is 0 Å². The molecule has 0 radical (unpaired) electrons. The Morgan fingerprint density at radius 3 is 2.52 bits per heavy atom. The van der Waals surface area contributed by atoms with E-state index in [0.717, 1.165) is 11.1 Å². The summed E-state index contributed by atoms with van der Waals surface area (Å²) in [5.74, 6) is 0.0107. The van der Waals surface area contributed by atoms with Gasteiger partial charge in [0, 0.05) is 44.4 Å². The van der Waals surface area contributed by atoms with Crippen molar-refractivity contribution in [2.24, 2.45) is 10.7 Å². The number of benzene rings is 2. The molecule has 11 heteroatoms. The second-order valence-electron chi connectivity index (χ2n) is 10.7. The molecule has 6 N–H and O–H groups in total. The molecule has 3 heterocycles. The van der Waals surface area contributed by atoms with E-state index < -0.39 is 11.5 Å². The van der Waals surface area contributed by atoms with E-state index in [4.69, 9.17) is 15.6 Å². The molecular weight excluding hydrogens is 539 g/mol. The number of nitrogens with one attached hydrogen (secondary N) is 2. The molecule has 1 amide bonds. The Morgan fingerprint density at radius 2 is 1.90 bits per heavy atom. The van der Waals surface area contributed by atoms with Gasteiger partial charge in [-0.15, -0.1) is 0 Å². The van der Waals surface area contributed by atoms with Gasteiger partial charge in [-0.05, 0) is 42.2 Å². The molecule has 0 unspecified atom stereocenters. The number of amides is 1. The number of hydrogen-bond donors (Lipinski definition) is 5. The molecule has 42 heavy (non-hydrogen) atoms. The Morgan fingerprint density at radius 1 is 1.17 bits per heavy atom. The minimum absolute atomic E-state index is 0.0148. The lowest BCUT2D eigenvalue weighted by Gasteiger charge is -2.40. The van der Waals surface area contributed by atoms with E-state index in [0.29, 0.717) is 67.4 Å². The number of furan rings is 1. The SMILES string of the molecule is CN/C(=C1/N=CN(CC2(O)CCN(Cc3ccc(-c4ccc(CO)o4)cc3F)CC2)C(=O)C1=N)c1ccc(CN)cc1. The molecule has 1 aromatic heterocycles. The van der Waals surface area contributed by atoms with E-state index in [9.17, 15) is 19.4 Å². The third-order valence-electron chi connectivity index (χ3n) is 7.80. The average Bonchev–Trinajstić information content (AvgIpc) is 3.49. The number of piperidine rings is 1. The summed E-state index contributed by atoms with van der Waals surface area (Å²) in [6, 6.07) is 15.8. The maximum atomic E-state index is 14.9. The lowest BCUT2D eigenvalue weighted by molar-refractivity contribution is -0.124. The number of β-amino-alcohol motifs (C(OH)–C–C–N with tert-alkyl or cyclic N) is 1. The fourth-order valence-electron chi connectivity index (χ4n) is 5.29. The number of rotatable bonds is 9. The molecular formula is C31H35FN6O4. The van der Waals surface area contributed by atoms with Crippen LogP contribution in [0.4, 0.5) is 4.39 Å². The highest BCUT2D eigenvalue weighted by Gasteiger charge is 2.38. The summed E-state index contributed by atoms with van der Waals surface area (Å²) in [5, 5.41) is 32.1. The van der Waals surface area contributed by atoms with Crippen LogP contribution in [-0.4, -0.2) is 70.3 Å². The number of likely N-dealkylation sites (tertiary alicyclic amines) is 1. The molecule has 3 aromatic rings. The zero-order chi connectivity index (χ0) is 29.9. The van der Waals surface area contributed by atoms with Crippen LogP contribution in [0.2, 0.25) is 0 Å². The van der Waals surface area contributed by atoms with Gasteiger partial charge in [-0.2, -0.15) is 0 Å². The third-order valence-corrected chi connectivity index (χ3v) is 7.80. The fraction of sp³-hybridized carbons (Fsp3) is 0.323. The first-order valence-corrected chi connectivity index (χ1v) is 13.8. The van der Waals surface area contributed by atoms with Crippen LogP contribution in [0, 0.1) is 11.2 Å². The first-order valence-electron chi connectivity index (χ1n) is 13.8. The van der Waals surface area contributed by atoms with Crippen LogP contribution in [0.15, 0.2) is 69.7 Å². The van der Waals surface area contributed by atoms with Gasteiger partial charge in [-0.25, -0.2) is 9.38 Å². The first-order chi connectivity index (χ1) is 20.2. The number of carbonyl (C=O) groups excluding carboxylic acids is 1. The van der Waals surface area contributed by atoms with Crippen molar-refractivity contribution < 1.29 is 23.8 Å². The van der Waals surface area contributed by atoms with Crippen LogP contribution in [0.3, 0.4) is 0 Å². The summed E-state index contributed by atoms with van der Waals surface area (Å²) in [4.78, 5) is 20.9. The molecule has 1 fully saturated rings. The van der Waals surface area contributed by atoms with Crippen molar-refractivity contribution in [3.8, 4) is 11.3 Å². The topological polar surface area (TPSA) is 151 Å². The second-order valence-corrected chi connectivity index (χ2v) is 10.7. The second kappa shape index (κ2) is 12.4. The van der Waals surface area contributed by atoms with E-state index in [-0.39, 0.29) is 30.4 Å². The minimum atomic E-state index is -1.16. The maximum Gasteiger partial charge on any atom is 0.279 e. The molecule has 0 bridgehead atoms. The van der Waals surface area contributed by atoms with Crippen molar-refractivity contribution in [2.75, 3.05) is 26.7 Å². The molecule has 0 aliphatic carbocycles. The number of hydrogen-bond acceptors (Lipinski definition) is 9. The Balaban J connectivity index is 1.21. The monoisotopic (exact) mass is 574 g/mol. The van der Waals surface area contributed by atoms with Gasteiger partial charge in [0.25, 0.3) is 5.91 Å². The van der Waals surface area contributed by atoms with Crippen molar-refractivity contribution in [3.63, 3.8) is 0 Å². The Kier molecular flexibility index (Phi) is 8.64. The van der Waals surface area contributed by atoms with Crippen LogP contribution in [0.1, 0.15) is 35.3 Å². The fourth-order valence-corrected chi connectivity index (χ4v) is 5.29. The predicted molar refractivity (Wildman–Crippen MR) is 158 cm³/mol. The summed E-state index contributed by atoms with van der Waals surface area (Å²) in [6.07, 6.45) is 2.14. The molecule has 2 aliphatic heterocycles. The summed E-state index contributed by atoms with van der Waals surface area (Å²) in [6.45, 7) is 1.62. The highest BCUT2D eigenvalue weighted by molar-refractivity contribution is 6.47. The third kappa shape index (κ3) is 6.19. The molecule has 0 saturated carbocycles. The number of nitrogens with two attached hydrogens (primary N) is 1. The van der Waals surface area contributed by atoms with Crippen LogP contribution >= 0.6 is 0 Å². The van der Waals surface area contributed by atoms with Gasteiger partial charge in [-0.3, -0.25) is 20.0 Å². The summed E-state index contributed by atoms with van der Waals surface area (Å²) in [5.41, 5.74) is 7.92. The van der Waals surface area contributed by atoms with Gasteiger partial charge >= 0.3 is 0 Å². The van der Waals surface area contributed by atoms with E-state index in [2.05, 4.69) is 15.2 Å². The quantitative estimate of drug-likeness (QED) is 0.264. The van der Waals surface area contributed by atoms with E-state index >= 15 is 0 Å². The molecule has 2 aliphatic rings. The van der Waals surface area contributed by atoms with Crippen LogP contribution in [-0.2, 0) is 24.5 Å². The van der Waals surface area contributed by atoms with Crippen molar-refractivity contribution >= 4 is 23.7 Å². The van der Waals surface area contributed by atoms with Gasteiger partial charge < -0.3 is 25.7 Å². The summed E-state index contributed by atoms with van der Waals surface area (Å²) >= 11 is 0. The molecule has 1 saturated heterocycles. The summed E-state index contributed by atoms with van der Waals surface area (Å²) in [7, 11) is 1.71. The predicted octanol–water partition coefficient (Wildman–Crippen LogP) is 2.84. The van der Waals surface area contributed by atoms with E-state index in [1.807, 2.05) is 24.3 Å². The number of nitrogens with zero attached hydrogens (tertiary/aromatic N) is 3. The molecule has 2 aromatic carbocycles. The van der Waals surface area contributed by atoms with Crippen LogP contribution < -0.4 is 11.1 Å². The number of carbonyl (C=O) groups is 1. The van der Waals surface area contributed by atoms with Crippen molar-refractivity contribution in [3.05, 3.63) is 88.6 Å². The smallest absolute Gasteiger partial charge is 0.279 e. The van der Waals surface area contributed by atoms with Crippen molar-refractivity contribution in [1.82, 2.24) is 15.1 Å². The van der Waals surface area contributed by atoms with Gasteiger partial charge in [0.05, 0.1) is 24.2 Å². The average molecular weight is 575 g/mol. The zero-order valence-corrected chi connectivity index (χ0v) is 23.4. The number of aliphatic hydroxyl groups excluding tert-OH is 1. The number of aliphatic imine (C=N–C) groups is 1. The van der Waals surface area contributed by atoms with Gasteiger partial charge in [0.2, 0.25) is 0 Å². The van der Waals surface area contributed by atoms with Crippen LogP contribution in [0.25, 0.3) is 17.0 Å². The maximum absolute atomic E-state index is 14.9. The zero-order valence-electron chi connectivity index (χ0n) is 23.4. The first kappa shape index (κ1) is 29.3. The number of halogens is 1. The minimum Gasteiger partial charge on any atom is -0.459 e. The Hall–Kier alpha value is -4.16. The standard InChI is InChI=1S/C31H35FN6O4/c1-35-28(21-4-2-20(15-33)3-5-21)29-27(34)30(40)38(19-36-29)18-31(41)10-12-37(13-11-31)16-23-7-6-22(14-25(23)32)26-9-8-24(17-39)42-26/h2-9,14,19,34-35,39,41H,10-13,15-18,33H2,1H3/b29-28+,34-27?. The van der Waals surface area contributed by atoms with Gasteiger partial charge in [0.1, 0.15) is 35.4 Å². The van der Waals surface area contributed by atoms with Crippen molar-refractivity contribution in [1.29, 1.82) is 5.41 Å². The lowest BCUT2D eigenvalue weighted by Crippen LogP contribution is -2.53. The Labute approximate surface area is 243 Å². The molecule has 220 valence electrons. The lowest BCUT2D eigenvalue weighted by atomic mass is 9.90. The molecule has 0 spiro atoms. The summed E-state index contributed by atoms with van der Waals surface area (Å²) < 4.78 is 20.4. The highest BCUT2D eigenvalue weighted by atomic mass is 19.1. The largest absolute Gasteiger partial charge is 0.459 e. The van der Waals surface area contributed by atoms with E-state index in [1.165, 1.54) is 17.3 Å². The number of aliphatic hydroxyl groups is 2.